The maximum atomic E-state index is 14.2. The summed E-state index contributed by atoms with van der Waals surface area (Å²) in [6.45, 7) is 8.88. The minimum Gasteiger partial charge on any atom is -0.485 e. The molecule has 1 aliphatic rings. The molecule has 4 rings (SSSR count). The van der Waals surface area contributed by atoms with Crippen LogP contribution in [0.3, 0.4) is 0 Å². The van der Waals surface area contributed by atoms with Gasteiger partial charge in [0.15, 0.2) is 5.78 Å². The molecular formula is C29H33NO5S. The van der Waals surface area contributed by atoms with Crippen LogP contribution in [0, 0.1) is 6.92 Å². The lowest BCUT2D eigenvalue weighted by Gasteiger charge is -2.46. The van der Waals surface area contributed by atoms with Gasteiger partial charge in [-0.15, -0.1) is 0 Å². The van der Waals surface area contributed by atoms with Gasteiger partial charge in [-0.25, -0.2) is 8.42 Å². The Morgan fingerprint density at radius 2 is 1.69 bits per heavy atom. The van der Waals surface area contributed by atoms with Gasteiger partial charge in [-0.3, -0.25) is 4.79 Å². The number of aliphatic hydroxyl groups excluding tert-OH is 1. The summed E-state index contributed by atoms with van der Waals surface area (Å²) < 4.78 is 35.8. The van der Waals surface area contributed by atoms with Crippen molar-refractivity contribution >= 4 is 15.8 Å². The number of benzene rings is 3. The number of aliphatic hydroxyl groups is 1. The molecular weight excluding hydrogens is 474 g/mol. The lowest BCUT2D eigenvalue weighted by molar-refractivity contribution is -0.0802. The average molecular weight is 508 g/mol. The van der Waals surface area contributed by atoms with E-state index in [0.29, 0.717) is 16.9 Å². The SMILES string of the molecule is CCc1ccc(CN([C@@H]2c3cc(C(C)=O)ccc3OC(C)(C)[C@H]2O)S(=O)(=O)c2cccc(C)c2)cc1. The molecule has 0 amide bonds. The lowest BCUT2D eigenvalue weighted by Crippen LogP contribution is -2.54. The number of hydrogen-bond donors (Lipinski definition) is 1. The molecule has 0 unspecified atom stereocenters. The molecule has 0 radical (unpaired) electrons. The van der Waals surface area contributed by atoms with Crippen LogP contribution < -0.4 is 4.74 Å². The predicted molar refractivity (Wildman–Crippen MR) is 140 cm³/mol. The van der Waals surface area contributed by atoms with E-state index < -0.39 is 27.8 Å². The number of rotatable bonds is 7. The maximum Gasteiger partial charge on any atom is 0.244 e. The Balaban J connectivity index is 1.93. The second-order valence-electron chi connectivity index (χ2n) is 9.94. The monoisotopic (exact) mass is 507 g/mol. The molecule has 0 aromatic heterocycles. The molecule has 3 aromatic rings. The van der Waals surface area contributed by atoms with Crippen molar-refractivity contribution in [2.24, 2.45) is 0 Å². The molecule has 6 nitrogen and oxygen atoms in total. The smallest absolute Gasteiger partial charge is 0.244 e. The van der Waals surface area contributed by atoms with Gasteiger partial charge in [-0.2, -0.15) is 4.31 Å². The molecule has 190 valence electrons. The average Bonchev–Trinajstić information content (AvgIpc) is 2.83. The summed E-state index contributed by atoms with van der Waals surface area (Å²) in [5.74, 6) is 0.296. The van der Waals surface area contributed by atoms with E-state index in [-0.39, 0.29) is 17.2 Å². The van der Waals surface area contributed by atoms with E-state index in [4.69, 9.17) is 4.74 Å². The molecule has 0 spiro atoms. The Morgan fingerprint density at radius 1 is 1.03 bits per heavy atom. The zero-order valence-electron chi connectivity index (χ0n) is 21.4. The third-order valence-electron chi connectivity index (χ3n) is 6.80. The van der Waals surface area contributed by atoms with Crippen LogP contribution >= 0.6 is 0 Å². The lowest BCUT2D eigenvalue weighted by atomic mass is 9.85. The molecule has 2 atom stereocenters. The van der Waals surface area contributed by atoms with E-state index >= 15 is 0 Å². The minimum atomic E-state index is -4.06. The van der Waals surface area contributed by atoms with Crippen molar-refractivity contribution in [3.05, 3.63) is 94.5 Å². The molecule has 0 aliphatic carbocycles. The molecule has 7 heteroatoms. The molecule has 36 heavy (non-hydrogen) atoms. The van der Waals surface area contributed by atoms with Gasteiger partial charge in [0.25, 0.3) is 0 Å². The zero-order valence-corrected chi connectivity index (χ0v) is 22.2. The van der Waals surface area contributed by atoms with Crippen molar-refractivity contribution in [2.45, 2.75) is 70.2 Å². The highest BCUT2D eigenvalue weighted by molar-refractivity contribution is 7.89. The van der Waals surface area contributed by atoms with Crippen LogP contribution in [0.2, 0.25) is 0 Å². The highest BCUT2D eigenvalue weighted by Gasteiger charge is 2.49. The first-order valence-electron chi connectivity index (χ1n) is 12.1. The summed E-state index contributed by atoms with van der Waals surface area (Å²) in [6, 6.07) is 18.6. The third-order valence-corrected chi connectivity index (χ3v) is 8.62. The van der Waals surface area contributed by atoms with E-state index in [0.717, 1.165) is 23.1 Å². The van der Waals surface area contributed by atoms with Gasteiger partial charge in [-0.1, -0.05) is 43.3 Å². The Morgan fingerprint density at radius 3 is 2.31 bits per heavy atom. The van der Waals surface area contributed by atoms with E-state index in [9.17, 15) is 18.3 Å². The zero-order chi connectivity index (χ0) is 26.3. The second kappa shape index (κ2) is 9.81. The molecule has 1 aliphatic heterocycles. The van der Waals surface area contributed by atoms with Gasteiger partial charge in [-0.05, 0) is 81.1 Å². The number of carbonyl (C=O) groups is 1. The van der Waals surface area contributed by atoms with Crippen molar-refractivity contribution in [2.75, 3.05) is 0 Å². The first-order valence-corrected chi connectivity index (χ1v) is 13.6. The number of ketones is 1. The van der Waals surface area contributed by atoms with Crippen LogP contribution in [-0.4, -0.2) is 35.3 Å². The van der Waals surface area contributed by atoms with E-state index in [1.54, 1.807) is 50.2 Å². The number of sulfonamides is 1. The number of nitrogens with zero attached hydrogens (tertiary/aromatic N) is 1. The van der Waals surface area contributed by atoms with Gasteiger partial charge in [0.2, 0.25) is 10.0 Å². The van der Waals surface area contributed by atoms with Crippen molar-refractivity contribution in [3.63, 3.8) is 0 Å². The Labute approximate surface area is 213 Å². The number of aryl methyl sites for hydroxylation is 2. The largest absolute Gasteiger partial charge is 0.485 e. The molecule has 0 saturated carbocycles. The summed E-state index contributed by atoms with van der Waals surface area (Å²) in [4.78, 5) is 12.3. The standard InChI is InChI=1S/C29H33NO5S/c1-6-21-10-12-22(13-11-21)18-30(36(33,34)24-9-7-8-19(2)16-24)27-25-17-23(20(3)31)14-15-26(25)35-29(4,5)28(27)32/h7-17,27-28,32H,6,18H2,1-5H3/t27-,28+/m1/s1. The van der Waals surface area contributed by atoms with Gasteiger partial charge in [0.1, 0.15) is 17.5 Å². The molecule has 0 fully saturated rings. The van der Waals surface area contributed by atoms with Crippen molar-refractivity contribution < 1.29 is 23.1 Å². The van der Waals surface area contributed by atoms with Crippen LogP contribution in [0.5, 0.6) is 5.75 Å². The number of hydrogen-bond acceptors (Lipinski definition) is 5. The molecule has 0 saturated heterocycles. The molecule has 0 bridgehead atoms. The molecule has 3 aromatic carbocycles. The Bertz CT molecular complexity index is 1380. The Kier molecular flexibility index (Phi) is 7.10. The summed E-state index contributed by atoms with van der Waals surface area (Å²) in [5.41, 5.74) is 2.59. The van der Waals surface area contributed by atoms with Crippen LogP contribution in [0.4, 0.5) is 0 Å². The van der Waals surface area contributed by atoms with Gasteiger partial charge in [0, 0.05) is 17.7 Å². The van der Waals surface area contributed by atoms with Crippen LogP contribution in [0.1, 0.15) is 66.3 Å². The quantitative estimate of drug-likeness (QED) is 0.443. The predicted octanol–water partition coefficient (Wildman–Crippen LogP) is 5.22. The topological polar surface area (TPSA) is 83.9 Å². The fourth-order valence-corrected chi connectivity index (χ4v) is 6.31. The number of Topliss-reactive ketones (excluding diaryl/α,β-unsaturated/α-hetero) is 1. The highest BCUT2D eigenvalue weighted by atomic mass is 32.2. The third kappa shape index (κ3) is 4.96. The van der Waals surface area contributed by atoms with Crippen molar-refractivity contribution in [1.82, 2.24) is 4.31 Å². The molecule has 1 heterocycles. The highest BCUT2D eigenvalue weighted by Crippen LogP contribution is 2.45. The van der Waals surface area contributed by atoms with E-state index in [1.165, 1.54) is 11.2 Å². The van der Waals surface area contributed by atoms with Gasteiger partial charge in [0.05, 0.1) is 10.9 Å². The normalized spacial score (nSPS) is 19.0. The van der Waals surface area contributed by atoms with E-state index in [1.807, 2.05) is 37.3 Å². The maximum absolute atomic E-state index is 14.2. The van der Waals surface area contributed by atoms with Crippen molar-refractivity contribution in [1.29, 1.82) is 0 Å². The number of ether oxygens (including phenoxy) is 1. The summed E-state index contributed by atoms with van der Waals surface area (Å²) in [7, 11) is -4.06. The van der Waals surface area contributed by atoms with Crippen molar-refractivity contribution in [3.8, 4) is 5.75 Å². The van der Waals surface area contributed by atoms with E-state index in [2.05, 4.69) is 6.92 Å². The minimum absolute atomic E-state index is 0.0435. The van der Waals surface area contributed by atoms with Crippen LogP contribution in [0.25, 0.3) is 0 Å². The second-order valence-corrected chi connectivity index (χ2v) is 11.8. The Hall–Kier alpha value is -3.00. The fourth-order valence-electron chi connectivity index (χ4n) is 4.60. The summed E-state index contributed by atoms with van der Waals surface area (Å²) in [5, 5.41) is 11.6. The fraction of sp³-hybridized carbons (Fsp3) is 0.345. The number of fused-ring (bicyclic) bond motifs is 1. The number of carbonyl (C=O) groups excluding carboxylic acids is 1. The summed E-state index contributed by atoms with van der Waals surface area (Å²) in [6.07, 6.45) is -0.318. The molecule has 1 N–H and O–H groups in total. The van der Waals surface area contributed by atoms with Gasteiger partial charge < -0.3 is 9.84 Å². The van der Waals surface area contributed by atoms with Crippen LogP contribution in [0.15, 0.2) is 71.6 Å². The van der Waals surface area contributed by atoms with Crippen LogP contribution in [-0.2, 0) is 23.0 Å². The van der Waals surface area contributed by atoms with Gasteiger partial charge >= 0.3 is 0 Å². The summed E-state index contributed by atoms with van der Waals surface area (Å²) >= 11 is 0. The first-order chi connectivity index (χ1) is 16.9. The first kappa shape index (κ1) is 26.1.